The van der Waals surface area contributed by atoms with Gasteiger partial charge in [-0.15, -0.1) is 12.4 Å². The van der Waals surface area contributed by atoms with E-state index in [2.05, 4.69) is 5.32 Å². The maximum absolute atomic E-state index is 11.9. The van der Waals surface area contributed by atoms with Crippen LogP contribution in [-0.4, -0.2) is 25.2 Å². The summed E-state index contributed by atoms with van der Waals surface area (Å²) in [7, 11) is 0. The molecule has 0 spiro atoms. The van der Waals surface area contributed by atoms with Crippen LogP contribution in [0.4, 0.5) is 0 Å². The summed E-state index contributed by atoms with van der Waals surface area (Å²) in [5.41, 5.74) is 7.21. The van der Waals surface area contributed by atoms with Crippen LogP contribution in [0.25, 0.3) is 0 Å². The molecule has 0 radical (unpaired) electrons. The number of amides is 1. The summed E-state index contributed by atoms with van der Waals surface area (Å²) in [5.74, 6) is -0.0379. The second-order valence-corrected chi connectivity index (χ2v) is 4.29. The molecule has 0 aromatic heterocycles. The Morgan fingerprint density at radius 3 is 2.67 bits per heavy atom. The zero-order chi connectivity index (χ0) is 12.1. The van der Waals surface area contributed by atoms with Gasteiger partial charge in [-0.25, -0.2) is 0 Å². The van der Waals surface area contributed by atoms with E-state index in [-0.39, 0.29) is 24.4 Å². The summed E-state index contributed by atoms with van der Waals surface area (Å²) in [4.78, 5) is 11.9. The van der Waals surface area contributed by atoms with E-state index in [0.717, 1.165) is 25.0 Å². The second kappa shape index (κ2) is 7.36. The Morgan fingerprint density at radius 2 is 2.11 bits per heavy atom. The standard InChI is InChI=1S/C13H18N2O2.ClH/c14-8-10-3-5-11(6-4-10)13(16)15-12-2-1-7-17-9-12;/h3-6,12H,1-2,7-9,14H2,(H,15,16);1H. The van der Waals surface area contributed by atoms with Crippen molar-refractivity contribution in [2.24, 2.45) is 5.73 Å². The Hall–Kier alpha value is -1.10. The number of nitrogens with one attached hydrogen (secondary N) is 1. The van der Waals surface area contributed by atoms with Gasteiger partial charge in [0.05, 0.1) is 12.6 Å². The molecule has 1 aliphatic heterocycles. The Morgan fingerprint density at radius 1 is 1.39 bits per heavy atom. The van der Waals surface area contributed by atoms with Gasteiger partial charge >= 0.3 is 0 Å². The van der Waals surface area contributed by atoms with Crippen LogP contribution >= 0.6 is 12.4 Å². The highest BCUT2D eigenvalue weighted by atomic mass is 35.5. The smallest absolute Gasteiger partial charge is 0.251 e. The highest BCUT2D eigenvalue weighted by molar-refractivity contribution is 5.94. The first-order chi connectivity index (χ1) is 8.29. The lowest BCUT2D eigenvalue weighted by Crippen LogP contribution is -2.40. The third-order valence-electron chi connectivity index (χ3n) is 2.95. The normalized spacial score (nSPS) is 18.8. The zero-order valence-corrected chi connectivity index (χ0v) is 11.0. The van der Waals surface area contributed by atoms with E-state index < -0.39 is 0 Å². The SMILES string of the molecule is Cl.NCc1ccc(C(=O)NC2CCCOC2)cc1. The number of rotatable bonds is 3. The summed E-state index contributed by atoms with van der Waals surface area (Å²) < 4.78 is 5.32. The maximum atomic E-state index is 11.9. The fourth-order valence-corrected chi connectivity index (χ4v) is 1.92. The third kappa shape index (κ3) is 3.98. The highest BCUT2D eigenvalue weighted by Gasteiger charge is 2.16. The van der Waals surface area contributed by atoms with Crippen molar-refractivity contribution in [2.45, 2.75) is 25.4 Å². The lowest BCUT2D eigenvalue weighted by molar-refractivity contribution is 0.0624. The number of hydrogen-bond donors (Lipinski definition) is 2. The van der Waals surface area contributed by atoms with Gasteiger partial charge in [0.15, 0.2) is 0 Å². The predicted octanol–water partition coefficient (Wildman–Crippen LogP) is 1.48. The minimum absolute atomic E-state index is 0. The van der Waals surface area contributed by atoms with E-state index in [1.807, 2.05) is 12.1 Å². The molecular weight excluding hydrogens is 252 g/mol. The van der Waals surface area contributed by atoms with E-state index in [1.165, 1.54) is 0 Å². The molecule has 100 valence electrons. The molecule has 0 aliphatic carbocycles. The van der Waals surface area contributed by atoms with E-state index in [0.29, 0.717) is 18.7 Å². The molecule has 1 aromatic rings. The average Bonchev–Trinajstić information content (AvgIpc) is 2.40. The predicted molar refractivity (Wildman–Crippen MR) is 72.9 cm³/mol. The average molecular weight is 271 g/mol. The first kappa shape index (κ1) is 15.0. The summed E-state index contributed by atoms with van der Waals surface area (Å²) in [6.45, 7) is 1.92. The Labute approximate surface area is 113 Å². The third-order valence-corrected chi connectivity index (χ3v) is 2.95. The fourth-order valence-electron chi connectivity index (χ4n) is 1.92. The molecule has 1 fully saturated rings. The van der Waals surface area contributed by atoms with Crippen LogP contribution in [0.1, 0.15) is 28.8 Å². The minimum Gasteiger partial charge on any atom is -0.379 e. The van der Waals surface area contributed by atoms with Crippen molar-refractivity contribution in [1.82, 2.24) is 5.32 Å². The number of halogens is 1. The van der Waals surface area contributed by atoms with E-state index in [4.69, 9.17) is 10.5 Å². The molecule has 18 heavy (non-hydrogen) atoms. The Bertz CT molecular complexity index is 375. The van der Waals surface area contributed by atoms with Crippen molar-refractivity contribution in [2.75, 3.05) is 13.2 Å². The van der Waals surface area contributed by atoms with E-state index in [1.54, 1.807) is 12.1 Å². The lowest BCUT2D eigenvalue weighted by atomic mass is 10.1. The molecule has 5 heteroatoms. The van der Waals surface area contributed by atoms with Crippen LogP contribution < -0.4 is 11.1 Å². The largest absolute Gasteiger partial charge is 0.379 e. The van der Waals surface area contributed by atoms with Crippen LogP contribution in [0.3, 0.4) is 0 Å². The van der Waals surface area contributed by atoms with E-state index in [9.17, 15) is 4.79 Å². The van der Waals surface area contributed by atoms with Crippen molar-refractivity contribution in [3.8, 4) is 0 Å². The molecule has 3 N–H and O–H groups in total. The monoisotopic (exact) mass is 270 g/mol. The van der Waals surface area contributed by atoms with Gasteiger partial charge in [-0.1, -0.05) is 12.1 Å². The van der Waals surface area contributed by atoms with Gasteiger partial charge < -0.3 is 15.8 Å². The van der Waals surface area contributed by atoms with Crippen LogP contribution in [0, 0.1) is 0 Å². The molecule has 1 atom stereocenters. The Kier molecular flexibility index (Phi) is 6.12. The second-order valence-electron chi connectivity index (χ2n) is 4.29. The molecule has 1 amide bonds. The summed E-state index contributed by atoms with van der Waals surface area (Å²) in [5, 5.41) is 2.98. The van der Waals surface area contributed by atoms with Crippen molar-refractivity contribution < 1.29 is 9.53 Å². The van der Waals surface area contributed by atoms with Crippen molar-refractivity contribution in [3.63, 3.8) is 0 Å². The van der Waals surface area contributed by atoms with Gasteiger partial charge in [0.1, 0.15) is 0 Å². The molecule has 1 aromatic carbocycles. The number of benzene rings is 1. The van der Waals surface area contributed by atoms with Gasteiger partial charge in [0, 0.05) is 18.7 Å². The minimum atomic E-state index is -0.0379. The fraction of sp³-hybridized carbons (Fsp3) is 0.462. The van der Waals surface area contributed by atoms with Gasteiger partial charge in [0.2, 0.25) is 0 Å². The molecule has 2 rings (SSSR count). The molecule has 0 saturated carbocycles. The van der Waals surface area contributed by atoms with Gasteiger partial charge in [-0.05, 0) is 30.5 Å². The number of hydrogen-bond acceptors (Lipinski definition) is 3. The number of carbonyl (C=O) groups excluding carboxylic acids is 1. The highest BCUT2D eigenvalue weighted by Crippen LogP contribution is 2.08. The first-order valence-corrected chi connectivity index (χ1v) is 5.97. The van der Waals surface area contributed by atoms with Crippen LogP contribution in [-0.2, 0) is 11.3 Å². The number of ether oxygens (including phenoxy) is 1. The summed E-state index contributed by atoms with van der Waals surface area (Å²) >= 11 is 0. The lowest BCUT2D eigenvalue weighted by Gasteiger charge is -2.23. The first-order valence-electron chi connectivity index (χ1n) is 5.97. The molecule has 1 aliphatic rings. The molecule has 1 heterocycles. The van der Waals surface area contributed by atoms with Crippen molar-refractivity contribution >= 4 is 18.3 Å². The molecular formula is C13H19ClN2O2. The van der Waals surface area contributed by atoms with Gasteiger partial charge in [0.25, 0.3) is 5.91 Å². The molecule has 1 unspecified atom stereocenters. The zero-order valence-electron chi connectivity index (χ0n) is 10.2. The van der Waals surface area contributed by atoms with Crippen LogP contribution in [0.5, 0.6) is 0 Å². The van der Waals surface area contributed by atoms with Gasteiger partial charge in [-0.2, -0.15) is 0 Å². The van der Waals surface area contributed by atoms with Gasteiger partial charge in [-0.3, -0.25) is 4.79 Å². The molecule has 0 bridgehead atoms. The quantitative estimate of drug-likeness (QED) is 0.874. The van der Waals surface area contributed by atoms with Crippen molar-refractivity contribution in [3.05, 3.63) is 35.4 Å². The maximum Gasteiger partial charge on any atom is 0.251 e. The van der Waals surface area contributed by atoms with E-state index >= 15 is 0 Å². The van der Waals surface area contributed by atoms with Crippen LogP contribution in [0.15, 0.2) is 24.3 Å². The van der Waals surface area contributed by atoms with Crippen LogP contribution in [0.2, 0.25) is 0 Å². The number of carbonyl (C=O) groups is 1. The van der Waals surface area contributed by atoms with Crippen molar-refractivity contribution in [1.29, 1.82) is 0 Å². The number of nitrogens with two attached hydrogens (primary N) is 1. The molecule has 1 saturated heterocycles. The summed E-state index contributed by atoms with van der Waals surface area (Å²) in [6.07, 6.45) is 2.00. The summed E-state index contributed by atoms with van der Waals surface area (Å²) in [6, 6.07) is 7.52. The Balaban J connectivity index is 0.00000162. The topological polar surface area (TPSA) is 64.4 Å². The molecule has 4 nitrogen and oxygen atoms in total.